The summed E-state index contributed by atoms with van der Waals surface area (Å²) in [4.78, 5) is 4.17. The van der Waals surface area contributed by atoms with Gasteiger partial charge in [-0.3, -0.25) is 0 Å². The van der Waals surface area contributed by atoms with Crippen LogP contribution in [0.4, 0.5) is 0 Å². The topological polar surface area (TPSA) is 29.9 Å². The van der Waals surface area contributed by atoms with Crippen molar-refractivity contribution >= 4 is 11.6 Å². The first-order valence-electron chi connectivity index (χ1n) is 7.23. The summed E-state index contributed by atoms with van der Waals surface area (Å²) in [5.74, 6) is 0. The van der Waals surface area contributed by atoms with Gasteiger partial charge in [0.2, 0.25) is 0 Å². The highest BCUT2D eigenvalue weighted by atomic mass is 35.5. The van der Waals surface area contributed by atoms with E-state index in [0.717, 1.165) is 5.02 Å². The van der Waals surface area contributed by atoms with E-state index in [4.69, 9.17) is 11.6 Å². The third-order valence-electron chi connectivity index (χ3n) is 4.22. The Hall–Kier alpha value is -1.32. The molecule has 1 heterocycles. The fourth-order valence-electron chi connectivity index (χ4n) is 3.13. The first-order valence-corrected chi connectivity index (χ1v) is 7.61. The molecule has 3 unspecified atom stereocenters. The highest BCUT2D eigenvalue weighted by Crippen LogP contribution is 2.31. The average Bonchev–Trinajstić information content (AvgIpc) is 3.09. The monoisotopic (exact) mass is 289 g/mol. The normalized spacial score (nSPS) is 23.9. The van der Waals surface area contributed by atoms with Gasteiger partial charge in [0.1, 0.15) is 0 Å². The summed E-state index contributed by atoms with van der Waals surface area (Å²) in [5, 5.41) is 4.55. The lowest BCUT2D eigenvalue weighted by molar-refractivity contribution is 0.362. The third kappa shape index (κ3) is 2.89. The molecule has 0 aliphatic heterocycles. The van der Waals surface area contributed by atoms with Crippen LogP contribution in [-0.4, -0.2) is 15.6 Å². The predicted molar refractivity (Wildman–Crippen MR) is 81.9 cm³/mol. The second-order valence-corrected chi connectivity index (χ2v) is 5.99. The zero-order valence-electron chi connectivity index (χ0n) is 11.7. The van der Waals surface area contributed by atoms with Crippen LogP contribution in [0.3, 0.4) is 0 Å². The molecule has 0 spiro atoms. The summed E-state index contributed by atoms with van der Waals surface area (Å²) in [5.41, 5.74) is 1.28. The van der Waals surface area contributed by atoms with Gasteiger partial charge >= 0.3 is 0 Å². The summed E-state index contributed by atoms with van der Waals surface area (Å²) in [7, 11) is 0. The molecule has 0 saturated heterocycles. The summed E-state index contributed by atoms with van der Waals surface area (Å²) in [6.45, 7) is 2.21. The highest BCUT2D eigenvalue weighted by molar-refractivity contribution is 6.30. The molecule has 1 aromatic heterocycles. The van der Waals surface area contributed by atoms with Crippen molar-refractivity contribution in [2.45, 2.75) is 44.3 Å². The molecule has 3 rings (SSSR count). The maximum atomic E-state index is 5.95. The van der Waals surface area contributed by atoms with Gasteiger partial charge in [-0.15, -0.1) is 0 Å². The standard InChI is InChI=1S/C16H20ClN3/c1-12(13-5-7-14(17)8-6-13)19-15-3-2-4-16(15)20-10-9-18-11-20/h5-12,15-16,19H,2-4H2,1H3. The first kappa shape index (κ1) is 13.7. The van der Waals surface area contributed by atoms with E-state index in [1.54, 1.807) is 0 Å². The van der Waals surface area contributed by atoms with Crippen molar-refractivity contribution in [2.75, 3.05) is 0 Å². The molecular formula is C16H20ClN3. The molecule has 1 N–H and O–H groups in total. The van der Waals surface area contributed by atoms with Crippen LogP contribution in [0, 0.1) is 0 Å². The van der Waals surface area contributed by atoms with Crippen LogP contribution < -0.4 is 5.32 Å². The van der Waals surface area contributed by atoms with E-state index in [1.165, 1.54) is 24.8 Å². The molecule has 1 aliphatic rings. The highest BCUT2D eigenvalue weighted by Gasteiger charge is 2.29. The molecule has 3 nitrogen and oxygen atoms in total. The molecule has 0 radical (unpaired) electrons. The van der Waals surface area contributed by atoms with Gasteiger partial charge < -0.3 is 9.88 Å². The van der Waals surface area contributed by atoms with Crippen molar-refractivity contribution in [1.82, 2.24) is 14.9 Å². The number of nitrogens with zero attached hydrogens (tertiary/aromatic N) is 2. The van der Waals surface area contributed by atoms with E-state index in [0.29, 0.717) is 18.1 Å². The minimum atomic E-state index is 0.335. The maximum absolute atomic E-state index is 5.95. The molecule has 1 saturated carbocycles. The first-order chi connectivity index (χ1) is 9.74. The van der Waals surface area contributed by atoms with Gasteiger partial charge in [0.05, 0.1) is 6.33 Å². The van der Waals surface area contributed by atoms with Crippen molar-refractivity contribution in [3.8, 4) is 0 Å². The molecule has 1 fully saturated rings. The molecule has 106 valence electrons. The van der Waals surface area contributed by atoms with Gasteiger partial charge in [0.15, 0.2) is 0 Å². The predicted octanol–water partition coefficient (Wildman–Crippen LogP) is 3.98. The van der Waals surface area contributed by atoms with E-state index >= 15 is 0 Å². The number of halogens is 1. The van der Waals surface area contributed by atoms with Gasteiger partial charge in [-0.05, 0) is 43.9 Å². The van der Waals surface area contributed by atoms with Crippen LogP contribution in [0.5, 0.6) is 0 Å². The van der Waals surface area contributed by atoms with E-state index in [9.17, 15) is 0 Å². The fraction of sp³-hybridized carbons (Fsp3) is 0.438. The number of imidazole rings is 1. The van der Waals surface area contributed by atoms with E-state index in [-0.39, 0.29) is 0 Å². The largest absolute Gasteiger partial charge is 0.333 e. The van der Waals surface area contributed by atoms with Gasteiger partial charge in [-0.25, -0.2) is 4.98 Å². The average molecular weight is 290 g/mol. The Morgan fingerprint density at radius 2 is 2.10 bits per heavy atom. The van der Waals surface area contributed by atoms with Gasteiger partial charge in [0.25, 0.3) is 0 Å². The van der Waals surface area contributed by atoms with Crippen molar-refractivity contribution < 1.29 is 0 Å². The molecule has 1 aromatic carbocycles. The SMILES string of the molecule is CC(NC1CCCC1n1ccnc1)c1ccc(Cl)cc1. The van der Waals surface area contributed by atoms with Crippen LogP contribution >= 0.6 is 11.6 Å². The van der Waals surface area contributed by atoms with Crippen LogP contribution in [0.25, 0.3) is 0 Å². The van der Waals surface area contributed by atoms with Gasteiger partial charge in [-0.1, -0.05) is 23.7 Å². The van der Waals surface area contributed by atoms with E-state index < -0.39 is 0 Å². The Morgan fingerprint density at radius 3 is 2.80 bits per heavy atom. The Balaban J connectivity index is 1.68. The fourth-order valence-corrected chi connectivity index (χ4v) is 3.25. The molecular weight excluding hydrogens is 270 g/mol. The van der Waals surface area contributed by atoms with Crippen LogP contribution in [0.15, 0.2) is 43.0 Å². The molecule has 3 atom stereocenters. The minimum absolute atomic E-state index is 0.335. The number of aromatic nitrogens is 2. The minimum Gasteiger partial charge on any atom is -0.333 e. The Bertz CT molecular complexity index is 535. The number of benzene rings is 1. The molecule has 0 bridgehead atoms. The maximum Gasteiger partial charge on any atom is 0.0949 e. The second kappa shape index (κ2) is 5.98. The number of hydrogen-bond donors (Lipinski definition) is 1. The van der Waals surface area contributed by atoms with Crippen LogP contribution in [0.1, 0.15) is 43.8 Å². The number of hydrogen-bond acceptors (Lipinski definition) is 2. The lowest BCUT2D eigenvalue weighted by Gasteiger charge is -2.26. The Kier molecular flexibility index (Phi) is 4.08. The third-order valence-corrected chi connectivity index (χ3v) is 4.47. The van der Waals surface area contributed by atoms with Crippen molar-refractivity contribution in [1.29, 1.82) is 0 Å². The lowest BCUT2D eigenvalue weighted by Crippen LogP contribution is -2.35. The number of rotatable bonds is 4. The molecule has 4 heteroatoms. The van der Waals surface area contributed by atoms with Crippen molar-refractivity contribution in [3.05, 3.63) is 53.6 Å². The zero-order valence-corrected chi connectivity index (χ0v) is 12.4. The van der Waals surface area contributed by atoms with Gasteiger partial charge in [-0.2, -0.15) is 0 Å². The van der Waals surface area contributed by atoms with Crippen molar-refractivity contribution in [2.24, 2.45) is 0 Å². The summed E-state index contributed by atoms with van der Waals surface area (Å²) in [6, 6.07) is 9.47. The van der Waals surface area contributed by atoms with Crippen LogP contribution in [-0.2, 0) is 0 Å². The summed E-state index contributed by atoms with van der Waals surface area (Å²) in [6.07, 6.45) is 9.57. The molecule has 1 aliphatic carbocycles. The summed E-state index contributed by atoms with van der Waals surface area (Å²) >= 11 is 5.95. The Morgan fingerprint density at radius 1 is 1.30 bits per heavy atom. The smallest absolute Gasteiger partial charge is 0.0949 e. The quantitative estimate of drug-likeness (QED) is 0.922. The Labute approximate surface area is 125 Å². The molecule has 2 aromatic rings. The second-order valence-electron chi connectivity index (χ2n) is 5.55. The molecule has 20 heavy (non-hydrogen) atoms. The zero-order chi connectivity index (χ0) is 13.9. The summed E-state index contributed by atoms with van der Waals surface area (Å²) < 4.78 is 2.24. The number of nitrogens with one attached hydrogen (secondary N) is 1. The molecule has 0 amide bonds. The van der Waals surface area contributed by atoms with Gasteiger partial charge in [0, 0.05) is 35.5 Å². The van der Waals surface area contributed by atoms with Crippen molar-refractivity contribution in [3.63, 3.8) is 0 Å². The van der Waals surface area contributed by atoms with Crippen LogP contribution in [0.2, 0.25) is 5.02 Å². The lowest BCUT2D eigenvalue weighted by atomic mass is 10.1. The van der Waals surface area contributed by atoms with E-state index in [1.807, 2.05) is 24.7 Å². The van der Waals surface area contributed by atoms with E-state index in [2.05, 4.69) is 40.1 Å².